The molecule has 0 amide bonds. The maximum Gasteiger partial charge on any atom is 0.339 e. The quantitative estimate of drug-likeness (QED) is 0.744. The summed E-state index contributed by atoms with van der Waals surface area (Å²) < 4.78 is 53.6. The number of benzene rings is 1. The van der Waals surface area contributed by atoms with Gasteiger partial charge in [0, 0.05) is 12.3 Å². The molecule has 1 unspecified atom stereocenters. The van der Waals surface area contributed by atoms with E-state index < -0.39 is 31.9 Å². The molecule has 0 fully saturated rings. The Morgan fingerprint density at radius 2 is 1.81 bits per heavy atom. The number of nitrogens with one attached hydrogen (secondary N) is 1. The average molecular weight is 335 g/mol. The highest BCUT2D eigenvalue weighted by molar-refractivity contribution is 7.91. The second-order valence-corrected chi connectivity index (χ2v) is 8.47. The maximum absolute atomic E-state index is 12.3. The second kappa shape index (κ2) is 6.54. The molecule has 0 aliphatic carbocycles. The minimum atomic E-state index is -4.03. The van der Waals surface area contributed by atoms with Crippen LogP contribution in [-0.4, -0.2) is 48.0 Å². The van der Waals surface area contributed by atoms with Crippen LogP contribution in [-0.2, 0) is 24.6 Å². The number of rotatable bonds is 6. The van der Waals surface area contributed by atoms with Crippen molar-refractivity contribution in [3.8, 4) is 0 Å². The van der Waals surface area contributed by atoms with Gasteiger partial charge in [-0.05, 0) is 19.1 Å². The zero-order chi connectivity index (χ0) is 16.3. The summed E-state index contributed by atoms with van der Waals surface area (Å²) in [5.41, 5.74) is -0.112. The Kier molecular flexibility index (Phi) is 5.48. The minimum absolute atomic E-state index is 0.112. The molecule has 0 aliphatic heterocycles. The molecule has 0 radical (unpaired) electrons. The summed E-state index contributed by atoms with van der Waals surface area (Å²) in [4.78, 5) is 11.3. The van der Waals surface area contributed by atoms with Crippen LogP contribution in [0.2, 0.25) is 0 Å². The Bertz CT molecular complexity index is 724. The number of hydrogen-bond acceptors (Lipinski definition) is 6. The molecule has 1 atom stereocenters. The third-order valence-electron chi connectivity index (χ3n) is 2.49. The molecule has 1 aromatic carbocycles. The highest BCUT2D eigenvalue weighted by Crippen LogP contribution is 2.16. The first-order valence-corrected chi connectivity index (χ1v) is 9.48. The normalized spacial score (nSPS) is 13.7. The van der Waals surface area contributed by atoms with Gasteiger partial charge in [-0.25, -0.2) is 26.4 Å². The van der Waals surface area contributed by atoms with E-state index in [9.17, 15) is 21.6 Å². The zero-order valence-electron chi connectivity index (χ0n) is 11.9. The van der Waals surface area contributed by atoms with Crippen molar-refractivity contribution in [2.75, 3.05) is 19.1 Å². The predicted octanol–water partition coefficient (Wildman–Crippen LogP) is 0.185. The van der Waals surface area contributed by atoms with Gasteiger partial charge in [0.25, 0.3) is 0 Å². The molecule has 0 aromatic heterocycles. The standard InChI is InChI=1S/C12H17NO6S2/c1-9(8-20(3,15)16)13-21(17,18)11-7-5-4-6-10(11)12(14)19-2/h4-7,9,13H,8H2,1-3H3. The van der Waals surface area contributed by atoms with E-state index in [-0.39, 0.29) is 16.2 Å². The van der Waals surface area contributed by atoms with Crippen LogP contribution in [0.15, 0.2) is 29.2 Å². The molecule has 1 aromatic rings. The summed E-state index contributed by atoms with van der Waals surface area (Å²) in [5, 5.41) is 0. The lowest BCUT2D eigenvalue weighted by Crippen LogP contribution is -2.37. The second-order valence-electron chi connectivity index (χ2n) is 4.60. The van der Waals surface area contributed by atoms with Gasteiger partial charge >= 0.3 is 5.97 Å². The third kappa shape index (κ3) is 5.10. The van der Waals surface area contributed by atoms with Crippen LogP contribution in [0, 0.1) is 0 Å². The lowest BCUT2D eigenvalue weighted by molar-refractivity contribution is 0.0596. The van der Waals surface area contributed by atoms with Crippen LogP contribution < -0.4 is 4.72 Å². The lowest BCUT2D eigenvalue weighted by Gasteiger charge is -2.14. The molecule has 21 heavy (non-hydrogen) atoms. The number of carbonyl (C=O) groups excluding carboxylic acids is 1. The molecule has 1 rings (SSSR count). The fourth-order valence-electron chi connectivity index (χ4n) is 1.80. The van der Waals surface area contributed by atoms with Crippen molar-refractivity contribution in [2.24, 2.45) is 0 Å². The molecule has 7 nitrogen and oxygen atoms in total. The van der Waals surface area contributed by atoms with E-state index in [1.54, 1.807) is 0 Å². The Labute approximate surface area is 124 Å². The SMILES string of the molecule is COC(=O)c1ccccc1S(=O)(=O)NC(C)CS(C)(=O)=O. The largest absolute Gasteiger partial charge is 0.465 e. The van der Waals surface area contributed by atoms with Gasteiger partial charge in [-0.1, -0.05) is 12.1 Å². The number of carbonyl (C=O) groups is 1. The molecule has 0 aliphatic rings. The smallest absolute Gasteiger partial charge is 0.339 e. The van der Waals surface area contributed by atoms with Gasteiger partial charge in [0.1, 0.15) is 9.84 Å². The Balaban J connectivity index is 3.12. The van der Waals surface area contributed by atoms with E-state index in [0.717, 1.165) is 13.4 Å². The number of esters is 1. The van der Waals surface area contributed by atoms with Gasteiger partial charge in [-0.3, -0.25) is 0 Å². The summed E-state index contributed by atoms with van der Waals surface area (Å²) in [6.45, 7) is 1.43. The Hall–Kier alpha value is -1.45. The third-order valence-corrected chi connectivity index (χ3v) is 5.24. The summed E-state index contributed by atoms with van der Waals surface area (Å²) in [6, 6.07) is 4.72. The number of hydrogen-bond donors (Lipinski definition) is 1. The molecule has 0 saturated heterocycles. The molecule has 0 bridgehead atoms. The maximum atomic E-state index is 12.3. The Morgan fingerprint density at radius 1 is 1.24 bits per heavy atom. The fraction of sp³-hybridized carbons (Fsp3) is 0.417. The van der Waals surface area contributed by atoms with Crippen molar-refractivity contribution in [2.45, 2.75) is 17.9 Å². The van der Waals surface area contributed by atoms with E-state index in [4.69, 9.17) is 0 Å². The average Bonchev–Trinajstić information content (AvgIpc) is 2.34. The summed E-state index contributed by atoms with van der Waals surface area (Å²) >= 11 is 0. The molecule has 118 valence electrons. The van der Waals surface area contributed by atoms with Gasteiger partial charge in [0.05, 0.1) is 23.3 Å². The van der Waals surface area contributed by atoms with Crippen LogP contribution >= 0.6 is 0 Å². The van der Waals surface area contributed by atoms with Crippen LogP contribution in [0.1, 0.15) is 17.3 Å². The minimum Gasteiger partial charge on any atom is -0.465 e. The summed E-state index contributed by atoms with van der Waals surface area (Å²) in [6.07, 6.45) is 1.01. The van der Waals surface area contributed by atoms with E-state index >= 15 is 0 Å². The van der Waals surface area contributed by atoms with Crippen LogP contribution in [0.3, 0.4) is 0 Å². The topological polar surface area (TPSA) is 107 Å². The van der Waals surface area contributed by atoms with Crippen molar-refractivity contribution in [1.82, 2.24) is 4.72 Å². The lowest BCUT2D eigenvalue weighted by atomic mass is 10.2. The van der Waals surface area contributed by atoms with Gasteiger partial charge in [-0.2, -0.15) is 0 Å². The van der Waals surface area contributed by atoms with Crippen LogP contribution in [0.25, 0.3) is 0 Å². The molecule has 1 N–H and O–H groups in total. The summed E-state index contributed by atoms with van der Waals surface area (Å²) in [7, 11) is -6.22. The van der Waals surface area contributed by atoms with E-state index in [2.05, 4.69) is 9.46 Å². The van der Waals surface area contributed by atoms with Gasteiger partial charge < -0.3 is 4.74 Å². The van der Waals surface area contributed by atoms with E-state index in [1.165, 1.54) is 31.2 Å². The van der Waals surface area contributed by atoms with Crippen molar-refractivity contribution >= 4 is 25.8 Å². The van der Waals surface area contributed by atoms with Crippen molar-refractivity contribution in [3.05, 3.63) is 29.8 Å². The molecule has 0 saturated carbocycles. The van der Waals surface area contributed by atoms with E-state index in [0.29, 0.717) is 0 Å². The first-order valence-electron chi connectivity index (χ1n) is 5.94. The number of sulfone groups is 1. The fourth-order valence-corrected chi connectivity index (χ4v) is 4.33. The highest BCUT2D eigenvalue weighted by Gasteiger charge is 2.25. The van der Waals surface area contributed by atoms with Gasteiger partial charge in [-0.15, -0.1) is 0 Å². The number of methoxy groups -OCH3 is 1. The van der Waals surface area contributed by atoms with E-state index in [1.807, 2.05) is 0 Å². The number of ether oxygens (including phenoxy) is 1. The first-order chi connectivity index (χ1) is 9.57. The molecule has 9 heteroatoms. The highest BCUT2D eigenvalue weighted by atomic mass is 32.2. The predicted molar refractivity (Wildman–Crippen MR) is 77.3 cm³/mol. The molecular weight excluding hydrogens is 318 g/mol. The Morgan fingerprint density at radius 3 is 2.33 bits per heavy atom. The molecule has 0 spiro atoms. The van der Waals surface area contributed by atoms with Crippen molar-refractivity contribution in [1.29, 1.82) is 0 Å². The van der Waals surface area contributed by atoms with Crippen LogP contribution in [0.5, 0.6) is 0 Å². The zero-order valence-corrected chi connectivity index (χ0v) is 13.5. The first kappa shape index (κ1) is 17.6. The molecular formula is C12H17NO6S2. The van der Waals surface area contributed by atoms with Crippen molar-refractivity contribution in [3.63, 3.8) is 0 Å². The monoisotopic (exact) mass is 335 g/mol. The van der Waals surface area contributed by atoms with Crippen LogP contribution in [0.4, 0.5) is 0 Å². The van der Waals surface area contributed by atoms with Gasteiger partial charge in [0.15, 0.2) is 0 Å². The summed E-state index contributed by atoms with van der Waals surface area (Å²) in [5.74, 6) is -1.13. The van der Waals surface area contributed by atoms with Gasteiger partial charge in [0.2, 0.25) is 10.0 Å². The molecule has 0 heterocycles. The van der Waals surface area contributed by atoms with Crippen molar-refractivity contribution < 1.29 is 26.4 Å². The number of sulfonamides is 1.